The number of hydrogen-bond donors (Lipinski definition) is 2. The van der Waals surface area contributed by atoms with Crippen molar-refractivity contribution in [2.24, 2.45) is 12.0 Å². The van der Waals surface area contributed by atoms with Gasteiger partial charge < -0.3 is 19.9 Å². The van der Waals surface area contributed by atoms with Crippen LogP contribution in [0.2, 0.25) is 10.2 Å². The van der Waals surface area contributed by atoms with Crippen molar-refractivity contribution in [1.29, 1.82) is 0 Å². The number of rotatable bonds is 6. The van der Waals surface area contributed by atoms with Crippen molar-refractivity contribution < 1.29 is 4.74 Å². The van der Waals surface area contributed by atoms with E-state index < -0.39 is 0 Å². The van der Waals surface area contributed by atoms with E-state index in [-0.39, 0.29) is 5.92 Å². The monoisotopic (exact) mass is 382 g/mol. The van der Waals surface area contributed by atoms with Gasteiger partial charge in [-0.15, -0.1) is 0 Å². The zero-order valence-corrected chi connectivity index (χ0v) is 16.4. The minimum atomic E-state index is 0.272. The standard InChI is InChI=1S/C18H24Cl2N4O/c1-12(14-7-5-6-8-16(14)25-4)10-22-18(21-2)23-11-13-9-15(19)17(20)24(13)3/h5-9,12H,10-11H2,1-4H3,(H2,21,22,23). The Morgan fingerprint density at radius 3 is 2.60 bits per heavy atom. The molecular weight excluding hydrogens is 359 g/mol. The first-order chi connectivity index (χ1) is 12.0. The molecule has 136 valence electrons. The van der Waals surface area contributed by atoms with E-state index in [1.807, 2.05) is 35.9 Å². The molecule has 1 aromatic heterocycles. The molecule has 2 aromatic rings. The predicted octanol–water partition coefficient (Wildman–Crippen LogP) is 3.81. The maximum absolute atomic E-state index is 6.09. The lowest BCUT2D eigenvalue weighted by Crippen LogP contribution is -2.39. The largest absolute Gasteiger partial charge is 0.496 e. The summed E-state index contributed by atoms with van der Waals surface area (Å²) in [5.41, 5.74) is 2.14. The minimum absolute atomic E-state index is 0.272. The number of nitrogens with zero attached hydrogens (tertiary/aromatic N) is 2. The lowest BCUT2D eigenvalue weighted by atomic mass is 10.0. The molecule has 1 heterocycles. The molecule has 7 heteroatoms. The molecule has 0 saturated heterocycles. The van der Waals surface area contributed by atoms with E-state index in [2.05, 4.69) is 28.6 Å². The van der Waals surface area contributed by atoms with E-state index in [1.165, 1.54) is 0 Å². The molecule has 0 bridgehead atoms. The van der Waals surface area contributed by atoms with Crippen molar-refractivity contribution >= 4 is 29.2 Å². The van der Waals surface area contributed by atoms with Gasteiger partial charge in [-0.3, -0.25) is 4.99 Å². The smallest absolute Gasteiger partial charge is 0.191 e. The summed E-state index contributed by atoms with van der Waals surface area (Å²) in [7, 11) is 5.31. The lowest BCUT2D eigenvalue weighted by molar-refractivity contribution is 0.406. The highest BCUT2D eigenvalue weighted by Gasteiger charge is 2.12. The fourth-order valence-corrected chi connectivity index (χ4v) is 3.00. The number of ether oxygens (including phenoxy) is 1. The van der Waals surface area contributed by atoms with Gasteiger partial charge in [0.15, 0.2) is 5.96 Å². The SMILES string of the molecule is CN=C(NCc1cc(Cl)c(Cl)n1C)NCC(C)c1ccccc1OC. The third kappa shape index (κ3) is 4.83. The molecule has 0 aliphatic rings. The van der Waals surface area contributed by atoms with Gasteiger partial charge in [0, 0.05) is 32.3 Å². The number of aliphatic imine (C=N–C) groups is 1. The van der Waals surface area contributed by atoms with Crippen LogP contribution in [0.3, 0.4) is 0 Å². The Balaban J connectivity index is 1.93. The van der Waals surface area contributed by atoms with Gasteiger partial charge in [0.25, 0.3) is 0 Å². The van der Waals surface area contributed by atoms with Crippen molar-refractivity contribution in [3.8, 4) is 5.75 Å². The van der Waals surface area contributed by atoms with Crippen LogP contribution < -0.4 is 15.4 Å². The molecule has 25 heavy (non-hydrogen) atoms. The highest BCUT2D eigenvalue weighted by molar-refractivity contribution is 6.41. The van der Waals surface area contributed by atoms with Gasteiger partial charge in [0.05, 0.1) is 18.7 Å². The van der Waals surface area contributed by atoms with Gasteiger partial charge in [0.2, 0.25) is 0 Å². The molecule has 2 N–H and O–H groups in total. The number of benzene rings is 1. The van der Waals surface area contributed by atoms with Gasteiger partial charge in [-0.05, 0) is 17.7 Å². The molecule has 0 aliphatic carbocycles. The van der Waals surface area contributed by atoms with Crippen molar-refractivity contribution in [2.45, 2.75) is 19.4 Å². The average Bonchev–Trinajstić information content (AvgIpc) is 2.88. The fourth-order valence-electron chi connectivity index (χ4n) is 2.59. The van der Waals surface area contributed by atoms with Crippen LogP contribution in [0.15, 0.2) is 35.3 Å². The Bertz CT molecular complexity index is 743. The molecule has 0 aliphatic heterocycles. The Morgan fingerprint density at radius 1 is 1.28 bits per heavy atom. The Morgan fingerprint density at radius 2 is 2.00 bits per heavy atom. The highest BCUT2D eigenvalue weighted by atomic mass is 35.5. The van der Waals surface area contributed by atoms with Gasteiger partial charge in [-0.1, -0.05) is 48.3 Å². The molecule has 0 fully saturated rings. The summed E-state index contributed by atoms with van der Waals surface area (Å²) in [6.45, 7) is 3.45. The third-order valence-electron chi connectivity index (χ3n) is 4.12. The maximum atomic E-state index is 6.09. The van der Waals surface area contributed by atoms with Gasteiger partial charge in [-0.25, -0.2) is 0 Å². The summed E-state index contributed by atoms with van der Waals surface area (Å²) < 4.78 is 7.28. The molecule has 2 rings (SSSR count). The van der Waals surface area contributed by atoms with E-state index in [0.717, 1.165) is 29.5 Å². The number of methoxy groups -OCH3 is 1. The van der Waals surface area contributed by atoms with Crippen LogP contribution in [0, 0.1) is 0 Å². The first-order valence-electron chi connectivity index (χ1n) is 8.05. The number of hydrogen-bond acceptors (Lipinski definition) is 2. The summed E-state index contributed by atoms with van der Waals surface area (Å²) >= 11 is 12.1. The number of halogens is 2. The van der Waals surface area contributed by atoms with E-state index in [9.17, 15) is 0 Å². The molecule has 0 amide bonds. The third-order valence-corrected chi connectivity index (χ3v) is 4.96. The van der Waals surface area contributed by atoms with E-state index in [1.54, 1.807) is 14.2 Å². The molecule has 0 saturated carbocycles. The lowest BCUT2D eigenvalue weighted by Gasteiger charge is -2.18. The zero-order valence-electron chi connectivity index (χ0n) is 14.9. The van der Waals surface area contributed by atoms with Crippen LogP contribution in [-0.2, 0) is 13.6 Å². The van der Waals surface area contributed by atoms with E-state index in [4.69, 9.17) is 27.9 Å². The van der Waals surface area contributed by atoms with E-state index >= 15 is 0 Å². The predicted molar refractivity (Wildman–Crippen MR) is 105 cm³/mol. The highest BCUT2D eigenvalue weighted by Crippen LogP contribution is 2.26. The van der Waals surface area contributed by atoms with Crippen LogP contribution in [0.4, 0.5) is 0 Å². The Kier molecular flexibility index (Phi) is 7.02. The second kappa shape index (κ2) is 9.02. The normalized spacial score (nSPS) is 12.8. The minimum Gasteiger partial charge on any atom is -0.496 e. The van der Waals surface area contributed by atoms with E-state index in [0.29, 0.717) is 16.7 Å². The summed E-state index contributed by atoms with van der Waals surface area (Å²) in [5.74, 6) is 1.89. The molecule has 1 aromatic carbocycles. The van der Waals surface area contributed by atoms with Gasteiger partial charge >= 0.3 is 0 Å². The van der Waals surface area contributed by atoms with Crippen molar-refractivity contribution in [3.63, 3.8) is 0 Å². The Labute approximate surface area is 159 Å². The first-order valence-corrected chi connectivity index (χ1v) is 8.80. The summed E-state index contributed by atoms with van der Waals surface area (Å²) in [6.07, 6.45) is 0. The van der Waals surface area contributed by atoms with Crippen LogP contribution in [0.1, 0.15) is 24.1 Å². The first kappa shape index (κ1) is 19.5. The van der Waals surface area contributed by atoms with Crippen molar-refractivity contribution in [1.82, 2.24) is 15.2 Å². The van der Waals surface area contributed by atoms with Crippen LogP contribution in [0.25, 0.3) is 0 Å². The molecule has 1 unspecified atom stereocenters. The second-order valence-corrected chi connectivity index (χ2v) is 6.55. The summed E-state index contributed by atoms with van der Waals surface area (Å²) in [4.78, 5) is 4.26. The maximum Gasteiger partial charge on any atom is 0.191 e. The number of aromatic nitrogens is 1. The Hall–Kier alpha value is -1.85. The zero-order chi connectivity index (χ0) is 18.4. The number of nitrogens with one attached hydrogen (secondary N) is 2. The van der Waals surface area contributed by atoms with Gasteiger partial charge in [0.1, 0.15) is 10.9 Å². The van der Waals surface area contributed by atoms with Crippen LogP contribution in [0.5, 0.6) is 5.75 Å². The summed E-state index contributed by atoms with van der Waals surface area (Å²) in [5, 5.41) is 7.69. The molecule has 0 radical (unpaired) electrons. The fraction of sp³-hybridized carbons (Fsp3) is 0.389. The molecular formula is C18H24Cl2N4O. The van der Waals surface area contributed by atoms with Crippen LogP contribution in [-0.4, -0.2) is 31.2 Å². The number of guanidine groups is 1. The molecule has 0 spiro atoms. The average molecular weight is 383 g/mol. The topological polar surface area (TPSA) is 50.6 Å². The van der Waals surface area contributed by atoms with Crippen molar-refractivity contribution in [3.05, 3.63) is 51.8 Å². The summed E-state index contributed by atoms with van der Waals surface area (Å²) in [6, 6.07) is 9.89. The molecule has 5 nitrogen and oxygen atoms in total. The van der Waals surface area contributed by atoms with Gasteiger partial charge in [-0.2, -0.15) is 0 Å². The number of para-hydroxylation sites is 1. The second-order valence-electron chi connectivity index (χ2n) is 5.78. The van der Waals surface area contributed by atoms with Crippen molar-refractivity contribution in [2.75, 3.05) is 20.7 Å². The van der Waals surface area contributed by atoms with Crippen LogP contribution >= 0.6 is 23.2 Å². The quantitative estimate of drug-likeness (QED) is 0.589. The molecule has 1 atom stereocenters.